The lowest BCUT2D eigenvalue weighted by atomic mass is 10.0. The van der Waals surface area contributed by atoms with Gasteiger partial charge in [0.1, 0.15) is 18.3 Å². The second-order valence-corrected chi connectivity index (χ2v) is 3.21. The topological polar surface area (TPSA) is 18.5 Å². The van der Waals surface area contributed by atoms with Crippen molar-refractivity contribution in [3.63, 3.8) is 0 Å². The monoisotopic (exact) mass is 189 g/mol. The highest BCUT2D eigenvalue weighted by Gasteiger charge is 2.13. The van der Waals surface area contributed by atoms with Crippen LogP contribution < -0.4 is 0 Å². The molecular formula is C12H13O2. The third-order valence-electron chi connectivity index (χ3n) is 2.19. The van der Waals surface area contributed by atoms with Gasteiger partial charge >= 0.3 is 0 Å². The van der Waals surface area contributed by atoms with Crippen molar-refractivity contribution in [1.29, 1.82) is 0 Å². The second-order valence-electron chi connectivity index (χ2n) is 3.21. The minimum Gasteiger partial charge on any atom is -0.465 e. The molecule has 1 radical (unpaired) electrons. The van der Waals surface area contributed by atoms with E-state index in [-0.39, 0.29) is 0 Å². The van der Waals surface area contributed by atoms with Gasteiger partial charge in [-0.15, -0.1) is 0 Å². The molecule has 0 unspecified atom stereocenters. The van der Waals surface area contributed by atoms with Crippen LogP contribution in [0.2, 0.25) is 0 Å². The highest BCUT2D eigenvalue weighted by Crippen LogP contribution is 2.26. The summed E-state index contributed by atoms with van der Waals surface area (Å²) in [6.07, 6.45) is 12.2. The molecule has 0 atom stereocenters. The molecule has 2 rings (SSSR count). The van der Waals surface area contributed by atoms with Crippen molar-refractivity contribution in [2.75, 3.05) is 0 Å². The summed E-state index contributed by atoms with van der Waals surface area (Å²) in [7, 11) is 0. The van der Waals surface area contributed by atoms with Crippen molar-refractivity contribution in [2.24, 2.45) is 0 Å². The maximum absolute atomic E-state index is 5.61. The lowest BCUT2D eigenvalue weighted by Gasteiger charge is -2.18. The van der Waals surface area contributed by atoms with Gasteiger partial charge < -0.3 is 9.47 Å². The van der Waals surface area contributed by atoms with Crippen molar-refractivity contribution >= 4 is 0 Å². The predicted molar refractivity (Wildman–Crippen MR) is 54.8 cm³/mol. The Balaban J connectivity index is 2.09. The first kappa shape index (κ1) is 9.13. The molecular weight excluding hydrogens is 176 g/mol. The van der Waals surface area contributed by atoms with Gasteiger partial charge in [-0.2, -0.15) is 0 Å². The molecule has 0 saturated carbocycles. The Morgan fingerprint density at radius 1 is 1.36 bits per heavy atom. The van der Waals surface area contributed by atoms with Gasteiger partial charge in [-0.25, -0.2) is 0 Å². The molecule has 1 aliphatic heterocycles. The Kier molecular flexibility index (Phi) is 2.73. The van der Waals surface area contributed by atoms with E-state index in [4.69, 9.17) is 9.47 Å². The summed E-state index contributed by atoms with van der Waals surface area (Å²) in [5.74, 6) is 1.59. The Bertz CT molecular complexity index is 332. The third-order valence-corrected chi connectivity index (χ3v) is 2.19. The fourth-order valence-corrected chi connectivity index (χ4v) is 1.42. The number of allylic oxidation sites excluding steroid dienone is 5. The normalized spacial score (nSPS) is 20.2. The molecule has 2 nitrogen and oxygen atoms in total. The largest absolute Gasteiger partial charge is 0.465 e. The van der Waals surface area contributed by atoms with Crippen molar-refractivity contribution in [2.45, 2.75) is 19.3 Å². The van der Waals surface area contributed by atoms with Gasteiger partial charge in [0.05, 0.1) is 0 Å². The number of rotatable bonds is 2. The molecule has 0 N–H and O–H groups in total. The summed E-state index contributed by atoms with van der Waals surface area (Å²) >= 11 is 0. The lowest BCUT2D eigenvalue weighted by Crippen LogP contribution is -2.03. The Morgan fingerprint density at radius 3 is 3.00 bits per heavy atom. The van der Waals surface area contributed by atoms with Crippen LogP contribution >= 0.6 is 0 Å². The third kappa shape index (κ3) is 1.90. The average molecular weight is 189 g/mol. The maximum Gasteiger partial charge on any atom is 0.165 e. The number of hydrogen-bond acceptors (Lipinski definition) is 2. The smallest absolute Gasteiger partial charge is 0.165 e. The van der Waals surface area contributed by atoms with E-state index >= 15 is 0 Å². The molecule has 0 aromatic heterocycles. The predicted octanol–water partition coefficient (Wildman–Crippen LogP) is 3.22. The molecule has 2 aliphatic rings. The van der Waals surface area contributed by atoms with Crippen LogP contribution in [0.4, 0.5) is 0 Å². The minimum absolute atomic E-state index is 0.612. The van der Waals surface area contributed by atoms with Crippen LogP contribution in [0.5, 0.6) is 0 Å². The number of ether oxygens (including phenoxy) is 2. The van der Waals surface area contributed by atoms with Crippen LogP contribution in [0, 0.1) is 6.92 Å². The molecule has 0 fully saturated rings. The standard InChI is InChI=1S/C12H13O2/c1-2-11-8-13-9-12(14-11)10-6-4-3-5-7-10/h3-4,6,8-9H,1-2,5,7H2. The van der Waals surface area contributed by atoms with Crippen LogP contribution in [-0.2, 0) is 9.47 Å². The van der Waals surface area contributed by atoms with Gasteiger partial charge in [0.25, 0.3) is 0 Å². The van der Waals surface area contributed by atoms with Crippen molar-refractivity contribution in [1.82, 2.24) is 0 Å². The van der Waals surface area contributed by atoms with E-state index < -0.39 is 0 Å². The molecule has 1 heterocycles. The van der Waals surface area contributed by atoms with E-state index in [1.807, 2.05) is 6.08 Å². The first-order valence-electron chi connectivity index (χ1n) is 4.78. The zero-order chi connectivity index (χ0) is 9.80. The molecule has 0 aromatic rings. The van der Waals surface area contributed by atoms with Crippen LogP contribution in [0.3, 0.4) is 0 Å². The summed E-state index contributed by atoms with van der Waals surface area (Å²) in [5, 5.41) is 0. The molecule has 0 amide bonds. The number of hydrogen-bond donors (Lipinski definition) is 0. The molecule has 0 aromatic carbocycles. The Labute approximate surface area is 84.2 Å². The van der Waals surface area contributed by atoms with E-state index in [9.17, 15) is 0 Å². The molecule has 0 bridgehead atoms. The molecule has 14 heavy (non-hydrogen) atoms. The SMILES string of the molecule is [CH2]CC1=COC=C(C2=CC=CCC2)O1. The van der Waals surface area contributed by atoms with Gasteiger partial charge in [0.2, 0.25) is 0 Å². The highest BCUT2D eigenvalue weighted by molar-refractivity contribution is 5.33. The first-order chi connectivity index (χ1) is 6.90. The molecule has 1 aliphatic carbocycles. The molecule has 0 spiro atoms. The fraction of sp³-hybridized carbons (Fsp3) is 0.250. The van der Waals surface area contributed by atoms with E-state index in [1.165, 1.54) is 5.57 Å². The maximum atomic E-state index is 5.61. The van der Waals surface area contributed by atoms with Crippen LogP contribution in [0.1, 0.15) is 19.3 Å². The van der Waals surface area contributed by atoms with Crippen LogP contribution in [-0.4, -0.2) is 0 Å². The minimum atomic E-state index is 0.612. The fourth-order valence-electron chi connectivity index (χ4n) is 1.42. The lowest BCUT2D eigenvalue weighted by molar-refractivity contribution is 0.224. The van der Waals surface area contributed by atoms with Crippen LogP contribution in [0.25, 0.3) is 0 Å². The van der Waals surface area contributed by atoms with Crippen molar-refractivity contribution in [3.05, 3.63) is 54.8 Å². The average Bonchev–Trinajstić information content (AvgIpc) is 2.30. The van der Waals surface area contributed by atoms with Crippen molar-refractivity contribution < 1.29 is 9.47 Å². The highest BCUT2D eigenvalue weighted by atomic mass is 16.5. The molecule has 0 saturated heterocycles. The van der Waals surface area contributed by atoms with Crippen molar-refractivity contribution in [3.8, 4) is 0 Å². The quantitative estimate of drug-likeness (QED) is 0.664. The Hall–Kier alpha value is -1.44. The second kappa shape index (κ2) is 4.18. The van der Waals surface area contributed by atoms with Crippen LogP contribution in [0.15, 0.2) is 47.8 Å². The summed E-state index contributed by atoms with van der Waals surface area (Å²) < 4.78 is 10.8. The van der Waals surface area contributed by atoms with Gasteiger partial charge in [-0.05, 0) is 25.3 Å². The van der Waals surface area contributed by atoms with Gasteiger partial charge in [0.15, 0.2) is 5.76 Å². The summed E-state index contributed by atoms with van der Waals surface area (Å²) in [4.78, 5) is 0. The summed E-state index contributed by atoms with van der Waals surface area (Å²) in [6.45, 7) is 3.75. The van der Waals surface area contributed by atoms with Gasteiger partial charge in [-0.3, -0.25) is 0 Å². The van der Waals surface area contributed by atoms with E-state index in [2.05, 4.69) is 19.1 Å². The molecule has 2 heteroatoms. The zero-order valence-corrected chi connectivity index (χ0v) is 8.03. The summed E-state index contributed by atoms with van der Waals surface area (Å²) in [5.41, 5.74) is 1.19. The Morgan fingerprint density at radius 2 is 2.29 bits per heavy atom. The molecule has 73 valence electrons. The van der Waals surface area contributed by atoms with E-state index in [0.717, 1.165) is 24.4 Å². The van der Waals surface area contributed by atoms with Gasteiger partial charge in [0, 0.05) is 6.42 Å². The zero-order valence-electron chi connectivity index (χ0n) is 8.03. The van der Waals surface area contributed by atoms with E-state index in [0.29, 0.717) is 6.42 Å². The summed E-state index contributed by atoms with van der Waals surface area (Å²) in [6, 6.07) is 0. The van der Waals surface area contributed by atoms with Gasteiger partial charge in [-0.1, -0.05) is 18.2 Å². The van der Waals surface area contributed by atoms with E-state index in [1.54, 1.807) is 12.5 Å². The first-order valence-corrected chi connectivity index (χ1v) is 4.78.